The van der Waals surface area contributed by atoms with Crippen LogP contribution in [0.2, 0.25) is 0 Å². The van der Waals surface area contributed by atoms with Crippen molar-refractivity contribution in [3.8, 4) is 0 Å². The number of carbonyl (C=O) groups excluding carboxylic acids is 3. The molecule has 0 aromatic heterocycles. The van der Waals surface area contributed by atoms with Gasteiger partial charge in [0.05, 0.1) is 30.9 Å². The second-order valence-electron chi connectivity index (χ2n) is 8.74. The summed E-state index contributed by atoms with van der Waals surface area (Å²) in [5.41, 5.74) is -0.228. The summed E-state index contributed by atoms with van der Waals surface area (Å²) in [6.07, 6.45) is 2.27. The Kier molecular flexibility index (Phi) is 10.7. The average Bonchev–Trinajstić information content (AvgIpc) is 2.66. The van der Waals surface area contributed by atoms with Gasteiger partial charge in [-0.3, -0.25) is 10.1 Å². The molecule has 0 aromatic rings. The second-order valence-corrected chi connectivity index (χ2v) is 8.74. The molecule has 0 unspecified atom stereocenters. The summed E-state index contributed by atoms with van der Waals surface area (Å²) in [4.78, 5) is 36.5. The average molecular weight is 454 g/mol. The van der Waals surface area contributed by atoms with E-state index in [1.54, 1.807) is 33.8 Å². The molecule has 3 atom stereocenters. The van der Waals surface area contributed by atoms with E-state index >= 15 is 0 Å². The van der Waals surface area contributed by atoms with Crippen LogP contribution in [0.4, 0.5) is 4.79 Å². The Morgan fingerprint density at radius 2 is 1.78 bits per heavy atom. The van der Waals surface area contributed by atoms with Crippen molar-refractivity contribution in [3.63, 3.8) is 0 Å². The van der Waals surface area contributed by atoms with E-state index in [4.69, 9.17) is 14.2 Å². The molecule has 182 valence electrons. The Morgan fingerprint density at radius 3 is 2.28 bits per heavy atom. The van der Waals surface area contributed by atoms with E-state index in [1.807, 2.05) is 13.8 Å². The fourth-order valence-corrected chi connectivity index (χ4v) is 3.41. The lowest BCUT2D eigenvalue weighted by Crippen LogP contribution is -2.59. The normalized spacial score (nSPS) is 20.8. The Morgan fingerprint density at radius 1 is 1.16 bits per heavy atom. The first kappa shape index (κ1) is 27.5. The Hall–Kier alpha value is -2.55. The molecule has 0 heterocycles. The first-order chi connectivity index (χ1) is 14.9. The van der Waals surface area contributed by atoms with Gasteiger partial charge < -0.3 is 24.8 Å². The summed E-state index contributed by atoms with van der Waals surface area (Å²) >= 11 is 0. The minimum atomic E-state index is -0.665. The van der Waals surface area contributed by atoms with Gasteiger partial charge >= 0.3 is 12.1 Å². The summed E-state index contributed by atoms with van der Waals surface area (Å²) in [6, 6.07) is -0.978. The fraction of sp³-hybridized carbons (Fsp3) is 0.696. The van der Waals surface area contributed by atoms with Crippen molar-refractivity contribution in [2.45, 2.75) is 97.6 Å². The summed E-state index contributed by atoms with van der Waals surface area (Å²) < 4.78 is 16.7. The third-order valence-electron chi connectivity index (χ3n) is 4.77. The van der Waals surface area contributed by atoms with Crippen molar-refractivity contribution in [1.82, 2.24) is 16.0 Å². The highest BCUT2D eigenvalue weighted by molar-refractivity contribution is 5.89. The minimum Gasteiger partial charge on any atom is -0.463 e. The molecule has 1 aliphatic carbocycles. The first-order valence-electron chi connectivity index (χ1n) is 11.2. The van der Waals surface area contributed by atoms with Crippen molar-refractivity contribution in [2.75, 3.05) is 6.61 Å². The number of amides is 2. The number of esters is 1. The van der Waals surface area contributed by atoms with Crippen molar-refractivity contribution in [3.05, 3.63) is 24.0 Å². The molecule has 0 aliphatic heterocycles. The number of rotatable bonds is 10. The highest BCUT2D eigenvalue weighted by Crippen LogP contribution is 2.25. The zero-order valence-corrected chi connectivity index (χ0v) is 20.4. The maximum atomic E-state index is 12.5. The lowest BCUT2D eigenvalue weighted by molar-refractivity contribution is -0.139. The minimum absolute atomic E-state index is 0.0437. The van der Waals surface area contributed by atoms with Gasteiger partial charge in [-0.1, -0.05) is 20.4 Å². The van der Waals surface area contributed by atoms with Crippen LogP contribution >= 0.6 is 0 Å². The maximum absolute atomic E-state index is 12.5. The topological polar surface area (TPSA) is 115 Å². The highest BCUT2D eigenvalue weighted by atomic mass is 16.6. The van der Waals surface area contributed by atoms with Crippen LogP contribution in [0, 0.1) is 0 Å². The number of hydrogen-bond donors (Lipinski definition) is 3. The molecule has 2 amide bonds. The van der Waals surface area contributed by atoms with E-state index in [9.17, 15) is 14.4 Å². The van der Waals surface area contributed by atoms with E-state index in [2.05, 4.69) is 22.5 Å². The Balaban J connectivity index is 3.14. The molecule has 9 heteroatoms. The predicted molar refractivity (Wildman–Crippen MR) is 122 cm³/mol. The van der Waals surface area contributed by atoms with E-state index in [0.717, 1.165) is 12.8 Å². The lowest BCUT2D eigenvalue weighted by atomic mass is 9.87. The summed E-state index contributed by atoms with van der Waals surface area (Å²) in [7, 11) is 0. The molecule has 3 N–H and O–H groups in total. The second kappa shape index (κ2) is 12.5. The van der Waals surface area contributed by atoms with Crippen LogP contribution < -0.4 is 16.0 Å². The molecule has 0 bridgehead atoms. The third-order valence-corrected chi connectivity index (χ3v) is 4.77. The number of hydrogen-bond acceptors (Lipinski definition) is 7. The first-order valence-corrected chi connectivity index (χ1v) is 11.2. The molecule has 1 aliphatic rings. The molecular formula is C23H39N3O6. The van der Waals surface area contributed by atoms with Gasteiger partial charge in [-0.05, 0) is 46.6 Å². The molecule has 9 nitrogen and oxygen atoms in total. The van der Waals surface area contributed by atoms with Crippen LogP contribution in [0.3, 0.4) is 0 Å². The smallest absolute Gasteiger partial charge is 0.413 e. The van der Waals surface area contributed by atoms with E-state index in [1.165, 1.54) is 6.92 Å². The Bertz CT molecular complexity index is 709. The quantitative estimate of drug-likeness (QED) is 0.436. The molecule has 0 fully saturated rings. The Labute approximate surface area is 191 Å². The number of ether oxygens (including phenoxy) is 3. The molecule has 1 rings (SSSR count). The number of alkyl carbamates (subject to hydrolysis) is 1. The van der Waals surface area contributed by atoms with E-state index in [-0.39, 0.29) is 30.9 Å². The summed E-state index contributed by atoms with van der Waals surface area (Å²) in [6.45, 7) is 16.6. The van der Waals surface area contributed by atoms with Crippen LogP contribution in [0.25, 0.3) is 0 Å². The molecule has 0 saturated heterocycles. The molecule has 0 spiro atoms. The van der Waals surface area contributed by atoms with E-state index < -0.39 is 35.9 Å². The van der Waals surface area contributed by atoms with Crippen LogP contribution in [0.1, 0.15) is 67.7 Å². The van der Waals surface area contributed by atoms with Gasteiger partial charge in [-0.25, -0.2) is 9.59 Å². The number of nitrogens with one attached hydrogen (secondary N) is 3. The van der Waals surface area contributed by atoms with Gasteiger partial charge in [-0.15, -0.1) is 0 Å². The van der Waals surface area contributed by atoms with Crippen LogP contribution in [0.15, 0.2) is 24.0 Å². The van der Waals surface area contributed by atoms with Gasteiger partial charge in [0.15, 0.2) is 0 Å². The van der Waals surface area contributed by atoms with Crippen LogP contribution in [0.5, 0.6) is 0 Å². The standard InChI is InChI=1S/C23H39N3O6/c1-9-17(10-2)31-19-13-16(21(28)30-11-3)12-18(20(19)26-15(5)27)24-14(4)25-22(29)32-23(6,7)8/h13,17-20,24H,4,9-12H2,1-3,5-8H3,(H,25,29)(H,26,27)/t18-,19+,20+/m0/s1. The van der Waals surface area contributed by atoms with Crippen molar-refractivity contribution in [1.29, 1.82) is 0 Å². The summed E-state index contributed by atoms with van der Waals surface area (Å²) in [5, 5.41) is 8.57. The van der Waals surface area contributed by atoms with Gasteiger partial charge in [-0.2, -0.15) is 0 Å². The monoisotopic (exact) mass is 453 g/mol. The van der Waals surface area contributed by atoms with Gasteiger partial charge in [0.2, 0.25) is 5.91 Å². The van der Waals surface area contributed by atoms with Gasteiger partial charge in [0.25, 0.3) is 0 Å². The maximum Gasteiger partial charge on any atom is 0.413 e. The molecule has 32 heavy (non-hydrogen) atoms. The zero-order chi connectivity index (χ0) is 24.5. The molecule has 0 radical (unpaired) electrons. The molecule has 0 aromatic carbocycles. The highest BCUT2D eigenvalue weighted by Gasteiger charge is 2.38. The summed E-state index contributed by atoms with van der Waals surface area (Å²) in [5.74, 6) is -0.492. The van der Waals surface area contributed by atoms with Gasteiger partial charge in [0.1, 0.15) is 11.4 Å². The van der Waals surface area contributed by atoms with Crippen LogP contribution in [-0.2, 0) is 23.8 Å². The van der Waals surface area contributed by atoms with Crippen LogP contribution in [-0.4, -0.2) is 54.5 Å². The third kappa shape index (κ3) is 9.30. The predicted octanol–water partition coefficient (Wildman–Crippen LogP) is 2.91. The van der Waals surface area contributed by atoms with Gasteiger partial charge in [0, 0.05) is 18.9 Å². The van der Waals surface area contributed by atoms with Crippen molar-refractivity contribution >= 4 is 18.0 Å². The number of carbonyl (C=O) groups is 3. The zero-order valence-electron chi connectivity index (χ0n) is 20.4. The largest absolute Gasteiger partial charge is 0.463 e. The van der Waals surface area contributed by atoms with E-state index in [0.29, 0.717) is 5.57 Å². The molecule has 0 saturated carbocycles. The lowest BCUT2D eigenvalue weighted by Gasteiger charge is -2.39. The SMILES string of the molecule is C=C(NC(=O)OC(C)(C)C)N[C@H]1CC(C(=O)OCC)=C[C@@H](OC(CC)CC)[C@@H]1NC(C)=O. The van der Waals surface area contributed by atoms with Crippen molar-refractivity contribution < 1.29 is 28.6 Å². The fourth-order valence-electron chi connectivity index (χ4n) is 3.41. The van der Waals surface area contributed by atoms with Crippen molar-refractivity contribution in [2.24, 2.45) is 0 Å². The molecular weight excluding hydrogens is 414 g/mol.